The molecule has 1 heterocycles. The number of rotatable bonds is 4. The van der Waals surface area contributed by atoms with E-state index in [0.717, 1.165) is 22.3 Å². The Bertz CT molecular complexity index is 903. The van der Waals surface area contributed by atoms with Crippen LogP contribution in [0.3, 0.4) is 0 Å². The summed E-state index contributed by atoms with van der Waals surface area (Å²) in [5.74, 6) is 0.376. The molecule has 0 saturated heterocycles. The Morgan fingerprint density at radius 2 is 1.83 bits per heavy atom. The van der Waals surface area contributed by atoms with Gasteiger partial charge in [-0.1, -0.05) is 30.3 Å². The van der Waals surface area contributed by atoms with E-state index in [1.54, 1.807) is 13.1 Å². The van der Waals surface area contributed by atoms with E-state index in [9.17, 15) is 4.79 Å². The Hall–Kier alpha value is -2.88. The summed E-state index contributed by atoms with van der Waals surface area (Å²) in [4.78, 5) is 16.6. The average molecular weight is 320 g/mol. The van der Waals surface area contributed by atoms with Crippen LogP contribution in [0.5, 0.6) is 0 Å². The zero-order valence-corrected chi connectivity index (χ0v) is 14.1. The van der Waals surface area contributed by atoms with Crippen molar-refractivity contribution in [1.82, 2.24) is 4.98 Å². The summed E-state index contributed by atoms with van der Waals surface area (Å²) in [6.45, 7) is 6.30. The molecule has 24 heavy (non-hydrogen) atoms. The normalized spacial score (nSPS) is 10.6. The Kier molecular flexibility index (Phi) is 4.47. The van der Waals surface area contributed by atoms with E-state index in [2.05, 4.69) is 36.3 Å². The highest BCUT2D eigenvalue weighted by atomic mass is 16.5. The summed E-state index contributed by atoms with van der Waals surface area (Å²) in [5.41, 5.74) is 3.92. The van der Waals surface area contributed by atoms with E-state index in [4.69, 9.17) is 4.74 Å². The second-order valence-electron chi connectivity index (χ2n) is 5.71. The van der Waals surface area contributed by atoms with Crippen molar-refractivity contribution in [1.29, 1.82) is 0 Å². The van der Waals surface area contributed by atoms with Gasteiger partial charge in [-0.25, -0.2) is 9.78 Å². The Morgan fingerprint density at radius 1 is 1.08 bits per heavy atom. The number of anilines is 2. The average Bonchev–Trinajstić information content (AvgIpc) is 2.58. The number of hydrogen-bond acceptors (Lipinski definition) is 4. The molecular weight excluding hydrogens is 300 g/mol. The van der Waals surface area contributed by atoms with Gasteiger partial charge in [-0.15, -0.1) is 0 Å². The summed E-state index contributed by atoms with van der Waals surface area (Å²) in [6, 6.07) is 13.9. The molecule has 1 aromatic heterocycles. The molecule has 0 fully saturated rings. The number of aryl methyl sites for hydroxylation is 2. The van der Waals surface area contributed by atoms with Gasteiger partial charge in [0.1, 0.15) is 5.82 Å². The van der Waals surface area contributed by atoms with Crippen LogP contribution < -0.4 is 5.32 Å². The van der Waals surface area contributed by atoms with Crippen molar-refractivity contribution in [3.05, 3.63) is 65.4 Å². The molecule has 4 nitrogen and oxygen atoms in total. The van der Waals surface area contributed by atoms with Gasteiger partial charge in [0.15, 0.2) is 0 Å². The van der Waals surface area contributed by atoms with Crippen molar-refractivity contribution >= 4 is 28.2 Å². The van der Waals surface area contributed by atoms with Gasteiger partial charge < -0.3 is 10.1 Å². The maximum atomic E-state index is 12.1. The first-order chi connectivity index (χ1) is 11.6. The predicted octanol–water partition coefficient (Wildman–Crippen LogP) is 4.77. The number of aromatic nitrogens is 1. The second kappa shape index (κ2) is 6.71. The van der Waals surface area contributed by atoms with Crippen molar-refractivity contribution in [2.45, 2.75) is 20.8 Å². The molecule has 0 radical (unpaired) electrons. The number of carbonyl (C=O) groups excluding carboxylic acids is 1. The lowest BCUT2D eigenvalue weighted by atomic mass is 10.1. The van der Waals surface area contributed by atoms with Crippen molar-refractivity contribution in [2.75, 3.05) is 11.9 Å². The topological polar surface area (TPSA) is 51.2 Å². The Balaban J connectivity index is 2.04. The first-order valence-electron chi connectivity index (χ1n) is 7.99. The second-order valence-corrected chi connectivity index (χ2v) is 5.71. The van der Waals surface area contributed by atoms with E-state index < -0.39 is 0 Å². The highest BCUT2D eigenvalue weighted by Crippen LogP contribution is 2.28. The summed E-state index contributed by atoms with van der Waals surface area (Å²) in [7, 11) is 0. The molecule has 0 aliphatic carbocycles. The molecule has 0 aliphatic heterocycles. The van der Waals surface area contributed by atoms with Gasteiger partial charge in [-0.05, 0) is 44.0 Å². The van der Waals surface area contributed by atoms with Crippen LogP contribution in [0.2, 0.25) is 0 Å². The van der Waals surface area contributed by atoms with Gasteiger partial charge in [0.2, 0.25) is 0 Å². The molecule has 4 heteroatoms. The molecule has 0 unspecified atom stereocenters. The van der Waals surface area contributed by atoms with Crippen molar-refractivity contribution < 1.29 is 9.53 Å². The molecule has 0 saturated carbocycles. The van der Waals surface area contributed by atoms with Crippen LogP contribution >= 0.6 is 0 Å². The molecule has 0 spiro atoms. The van der Waals surface area contributed by atoms with Gasteiger partial charge >= 0.3 is 5.97 Å². The summed E-state index contributed by atoms with van der Waals surface area (Å²) in [6.07, 6.45) is 1.57. The van der Waals surface area contributed by atoms with Crippen LogP contribution in [0, 0.1) is 13.8 Å². The molecule has 0 atom stereocenters. The molecule has 3 rings (SSSR count). The number of benzene rings is 2. The monoisotopic (exact) mass is 320 g/mol. The fourth-order valence-corrected chi connectivity index (χ4v) is 2.62. The van der Waals surface area contributed by atoms with Gasteiger partial charge in [-0.3, -0.25) is 0 Å². The fraction of sp³-hybridized carbons (Fsp3) is 0.200. The number of nitrogens with zero attached hydrogens (tertiary/aromatic N) is 1. The van der Waals surface area contributed by atoms with E-state index in [1.807, 2.05) is 30.3 Å². The van der Waals surface area contributed by atoms with Crippen molar-refractivity contribution in [3.63, 3.8) is 0 Å². The molecule has 122 valence electrons. The lowest BCUT2D eigenvalue weighted by Crippen LogP contribution is -2.07. The third-order valence-electron chi connectivity index (χ3n) is 4.06. The third kappa shape index (κ3) is 3.08. The number of ether oxygens (including phenoxy) is 1. The highest BCUT2D eigenvalue weighted by molar-refractivity contribution is 6.07. The SMILES string of the molecule is CCOC(=O)c1cnc(Nc2ccc(C)c(C)c2)c2ccccc12. The Labute approximate surface area is 141 Å². The van der Waals surface area contributed by atoms with Crippen LogP contribution in [-0.4, -0.2) is 17.6 Å². The molecule has 0 bridgehead atoms. The van der Waals surface area contributed by atoms with Gasteiger partial charge in [0.25, 0.3) is 0 Å². The number of hydrogen-bond donors (Lipinski definition) is 1. The molecule has 3 aromatic rings. The Morgan fingerprint density at radius 3 is 2.54 bits per heavy atom. The minimum Gasteiger partial charge on any atom is -0.462 e. The highest BCUT2D eigenvalue weighted by Gasteiger charge is 2.14. The van der Waals surface area contributed by atoms with E-state index in [-0.39, 0.29) is 5.97 Å². The lowest BCUT2D eigenvalue weighted by molar-refractivity contribution is 0.0528. The first kappa shape index (κ1) is 16.0. The number of fused-ring (bicyclic) bond motifs is 1. The van der Waals surface area contributed by atoms with Crippen LogP contribution in [-0.2, 0) is 4.74 Å². The third-order valence-corrected chi connectivity index (χ3v) is 4.06. The van der Waals surface area contributed by atoms with Crippen LogP contribution in [0.15, 0.2) is 48.7 Å². The van der Waals surface area contributed by atoms with Crippen molar-refractivity contribution in [3.8, 4) is 0 Å². The lowest BCUT2D eigenvalue weighted by Gasteiger charge is -2.12. The molecule has 0 aliphatic rings. The minimum absolute atomic E-state index is 0.343. The summed E-state index contributed by atoms with van der Waals surface area (Å²) >= 11 is 0. The summed E-state index contributed by atoms with van der Waals surface area (Å²) < 4.78 is 5.12. The largest absolute Gasteiger partial charge is 0.462 e. The van der Waals surface area contributed by atoms with E-state index in [1.165, 1.54) is 11.1 Å². The number of pyridine rings is 1. The van der Waals surface area contributed by atoms with Crippen LogP contribution in [0.1, 0.15) is 28.4 Å². The van der Waals surface area contributed by atoms with Gasteiger partial charge in [-0.2, -0.15) is 0 Å². The van der Waals surface area contributed by atoms with Gasteiger partial charge in [0.05, 0.1) is 12.2 Å². The fourth-order valence-electron chi connectivity index (χ4n) is 2.62. The summed E-state index contributed by atoms with van der Waals surface area (Å²) in [5, 5.41) is 5.07. The number of carbonyl (C=O) groups is 1. The zero-order chi connectivity index (χ0) is 17.1. The zero-order valence-electron chi connectivity index (χ0n) is 14.1. The van der Waals surface area contributed by atoms with E-state index in [0.29, 0.717) is 12.2 Å². The molecule has 0 amide bonds. The van der Waals surface area contributed by atoms with E-state index >= 15 is 0 Å². The maximum absolute atomic E-state index is 12.1. The molecule has 1 N–H and O–H groups in total. The smallest absolute Gasteiger partial charge is 0.340 e. The number of esters is 1. The predicted molar refractivity (Wildman–Crippen MR) is 96.9 cm³/mol. The maximum Gasteiger partial charge on any atom is 0.340 e. The molecule has 2 aromatic carbocycles. The van der Waals surface area contributed by atoms with Gasteiger partial charge in [0, 0.05) is 22.7 Å². The van der Waals surface area contributed by atoms with Crippen molar-refractivity contribution in [2.24, 2.45) is 0 Å². The minimum atomic E-state index is -0.348. The van der Waals surface area contributed by atoms with Crippen LogP contribution in [0.25, 0.3) is 10.8 Å². The standard InChI is InChI=1S/C20H20N2O2/c1-4-24-20(23)18-12-21-19(17-8-6-5-7-16(17)18)22-15-10-9-13(2)14(3)11-15/h5-12H,4H2,1-3H3,(H,21,22). The molecular formula is C20H20N2O2. The first-order valence-corrected chi connectivity index (χ1v) is 7.99. The van der Waals surface area contributed by atoms with Crippen LogP contribution in [0.4, 0.5) is 11.5 Å². The quantitative estimate of drug-likeness (QED) is 0.703. The number of nitrogens with one attached hydrogen (secondary N) is 1.